The van der Waals surface area contributed by atoms with Crippen molar-refractivity contribution in [3.05, 3.63) is 35.5 Å². The fourth-order valence-electron chi connectivity index (χ4n) is 1.90. The highest BCUT2D eigenvalue weighted by atomic mass is 16.5. The molecule has 0 saturated carbocycles. The normalized spacial score (nSPS) is 10.7. The Morgan fingerprint density at radius 1 is 1.41 bits per heavy atom. The van der Waals surface area contributed by atoms with E-state index in [9.17, 15) is 0 Å². The van der Waals surface area contributed by atoms with Gasteiger partial charge in [-0.2, -0.15) is 5.10 Å². The van der Waals surface area contributed by atoms with Gasteiger partial charge in [-0.15, -0.1) is 0 Å². The van der Waals surface area contributed by atoms with Crippen molar-refractivity contribution in [2.24, 2.45) is 0 Å². The summed E-state index contributed by atoms with van der Waals surface area (Å²) in [5.41, 5.74) is 10.2. The number of benzene rings is 1. The number of aromatic amines is 1. The van der Waals surface area contributed by atoms with E-state index in [1.807, 2.05) is 12.1 Å². The van der Waals surface area contributed by atoms with Crippen molar-refractivity contribution in [1.29, 1.82) is 0 Å². The Morgan fingerprint density at radius 3 is 2.94 bits per heavy atom. The van der Waals surface area contributed by atoms with Crippen molar-refractivity contribution in [2.75, 3.05) is 19.5 Å². The van der Waals surface area contributed by atoms with Crippen LogP contribution in [0.2, 0.25) is 0 Å². The zero-order chi connectivity index (χ0) is 12.3. The lowest BCUT2D eigenvalue weighted by Crippen LogP contribution is -1.97. The van der Waals surface area contributed by atoms with E-state index in [2.05, 4.69) is 29.3 Å². The van der Waals surface area contributed by atoms with E-state index in [1.54, 1.807) is 7.11 Å². The molecule has 1 aromatic heterocycles. The van der Waals surface area contributed by atoms with Gasteiger partial charge in [0.15, 0.2) is 5.82 Å². The molecule has 0 saturated heterocycles. The first-order chi connectivity index (χ1) is 8.22. The van der Waals surface area contributed by atoms with Crippen LogP contribution in [-0.4, -0.2) is 23.9 Å². The standard InChI is InChI=1S/C13H17N3O/c1-9-4-3-5-10(8-9)12-11(6-7-17-2)15-16-13(12)14/h3-5,8H,6-7H2,1-2H3,(H3,14,15,16). The second-order valence-electron chi connectivity index (χ2n) is 4.07. The van der Waals surface area contributed by atoms with Crippen LogP contribution >= 0.6 is 0 Å². The molecule has 3 N–H and O–H groups in total. The van der Waals surface area contributed by atoms with Crippen LogP contribution in [0, 0.1) is 6.92 Å². The molecule has 4 heteroatoms. The van der Waals surface area contributed by atoms with Crippen LogP contribution in [0.3, 0.4) is 0 Å². The van der Waals surface area contributed by atoms with E-state index in [1.165, 1.54) is 5.56 Å². The van der Waals surface area contributed by atoms with Crippen LogP contribution in [0.5, 0.6) is 0 Å². The molecule has 0 spiro atoms. The average Bonchev–Trinajstić information content (AvgIpc) is 2.68. The van der Waals surface area contributed by atoms with Gasteiger partial charge in [0, 0.05) is 24.8 Å². The Balaban J connectivity index is 2.39. The largest absolute Gasteiger partial charge is 0.384 e. The van der Waals surface area contributed by atoms with Gasteiger partial charge in [0.25, 0.3) is 0 Å². The van der Waals surface area contributed by atoms with Crippen LogP contribution in [0.15, 0.2) is 24.3 Å². The Bertz CT molecular complexity index is 505. The van der Waals surface area contributed by atoms with Crippen LogP contribution in [0.1, 0.15) is 11.3 Å². The van der Waals surface area contributed by atoms with E-state index < -0.39 is 0 Å². The van der Waals surface area contributed by atoms with Gasteiger partial charge in [0.1, 0.15) is 0 Å². The Labute approximate surface area is 101 Å². The molecule has 0 aliphatic carbocycles. The van der Waals surface area contributed by atoms with Crippen LogP contribution in [-0.2, 0) is 11.2 Å². The Kier molecular flexibility index (Phi) is 3.44. The van der Waals surface area contributed by atoms with Crippen molar-refractivity contribution in [3.63, 3.8) is 0 Å². The van der Waals surface area contributed by atoms with Gasteiger partial charge >= 0.3 is 0 Å². The summed E-state index contributed by atoms with van der Waals surface area (Å²) in [5.74, 6) is 0.543. The molecule has 0 unspecified atom stereocenters. The molecule has 2 aromatic rings. The fraction of sp³-hybridized carbons (Fsp3) is 0.308. The average molecular weight is 231 g/mol. The highest BCUT2D eigenvalue weighted by molar-refractivity contribution is 5.76. The fourth-order valence-corrected chi connectivity index (χ4v) is 1.90. The third kappa shape index (κ3) is 2.47. The van der Waals surface area contributed by atoms with Gasteiger partial charge in [0.05, 0.1) is 6.61 Å². The third-order valence-corrected chi connectivity index (χ3v) is 2.73. The summed E-state index contributed by atoms with van der Waals surface area (Å²) in [6.07, 6.45) is 0.782. The highest BCUT2D eigenvalue weighted by Gasteiger charge is 2.12. The highest BCUT2D eigenvalue weighted by Crippen LogP contribution is 2.28. The predicted molar refractivity (Wildman–Crippen MR) is 68.8 cm³/mol. The SMILES string of the molecule is COCCc1[nH]nc(N)c1-c1cccc(C)c1. The van der Waals surface area contributed by atoms with E-state index in [0.717, 1.165) is 23.2 Å². The second-order valence-corrected chi connectivity index (χ2v) is 4.07. The van der Waals surface area contributed by atoms with Gasteiger partial charge in [-0.05, 0) is 12.5 Å². The lowest BCUT2D eigenvalue weighted by molar-refractivity contribution is 0.201. The van der Waals surface area contributed by atoms with E-state index >= 15 is 0 Å². The number of nitrogen functional groups attached to an aromatic ring is 1. The van der Waals surface area contributed by atoms with Crippen molar-refractivity contribution in [3.8, 4) is 11.1 Å². The molecule has 1 aromatic carbocycles. The molecule has 0 fully saturated rings. The molecule has 0 bridgehead atoms. The lowest BCUT2D eigenvalue weighted by Gasteiger charge is -2.05. The zero-order valence-corrected chi connectivity index (χ0v) is 10.2. The van der Waals surface area contributed by atoms with Gasteiger partial charge in [-0.25, -0.2) is 0 Å². The van der Waals surface area contributed by atoms with Crippen molar-refractivity contribution in [2.45, 2.75) is 13.3 Å². The maximum absolute atomic E-state index is 5.91. The van der Waals surface area contributed by atoms with Gasteiger partial charge in [-0.1, -0.05) is 29.8 Å². The predicted octanol–water partition coefficient (Wildman–Crippen LogP) is 2.16. The number of methoxy groups -OCH3 is 1. The summed E-state index contributed by atoms with van der Waals surface area (Å²) in [4.78, 5) is 0. The van der Waals surface area contributed by atoms with Crippen molar-refractivity contribution >= 4 is 5.82 Å². The summed E-state index contributed by atoms with van der Waals surface area (Å²) in [5, 5.41) is 7.04. The molecular formula is C13H17N3O. The molecule has 0 aliphatic rings. The summed E-state index contributed by atoms with van der Waals surface area (Å²) < 4.78 is 5.08. The van der Waals surface area contributed by atoms with E-state index in [4.69, 9.17) is 10.5 Å². The summed E-state index contributed by atoms with van der Waals surface area (Å²) >= 11 is 0. The first kappa shape index (κ1) is 11.7. The summed E-state index contributed by atoms with van der Waals surface area (Å²) in [6, 6.07) is 8.24. The van der Waals surface area contributed by atoms with E-state index in [-0.39, 0.29) is 0 Å². The van der Waals surface area contributed by atoms with Crippen molar-refractivity contribution in [1.82, 2.24) is 10.2 Å². The first-order valence-corrected chi connectivity index (χ1v) is 5.61. The molecule has 1 heterocycles. The smallest absolute Gasteiger partial charge is 0.153 e. The molecule has 0 aliphatic heterocycles. The monoisotopic (exact) mass is 231 g/mol. The van der Waals surface area contributed by atoms with Crippen LogP contribution in [0.4, 0.5) is 5.82 Å². The number of aryl methyl sites for hydroxylation is 1. The second kappa shape index (κ2) is 5.01. The van der Waals surface area contributed by atoms with Crippen LogP contribution in [0.25, 0.3) is 11.1 Å². The Hall–Kier alpha value is -1.81. The minimum Gasteiger partial charge on any atom is -0.384 e. The zero-order valence-electron chi connectivity index (χ0n) is 10.2. The van der Waals surface area contributed by atoms with Crippen LogP contribution < -0.4 is 5.73 Å². The summed E-state index contributed by atoms with van der Waals surface area (Å²) in [7, 11) is 1.69. The molecule has 2 rings (SSSR count). The number of H-pyrrole nitrogens is 1. The topological polar surface area (TPSA) is 63.9 Å². The van der Waals surface area contributed by atoms with Crippen molar-refractivity contribution < 1.29 is 4.74 Å². The third-order valence-electron chi connectivity index (χ3n) is 2.73. The van der Waals surface area contributed by atoms with Gasteiger partial charge < -0.3 is 10.5 Å². The van der Waals surface area contributed by atoms with E-state index in [0.29, 0.717) is 12.4 Å². The number of aromatic nitrogens is 2. The molecule has 17 heavy (non-hydrogen) atoms. The number of anilines is 1. The van der Waals surface area contributed by atoms with Gasteiger partial charge in [-0.3, -0.25) is 5.10 Å². The molecule has 0 radical (unpaired) electrons. The number of nitrogens with one attached hydrogen (secondary N) is 1. The number of nitrogens with zero attached hydrogens (tertiary/aromatic N) is 1. The quantitative estimate of drug-likeness (QED) is 0.847. The molecule has 0 atom stereocenters. The maximum atomic E-state index is 5.91. The lowest BCUT2D eigenvalue weighted by atomic mass is 10.0. The molecule has 90 valence electrons. The maximum Gasteiger partial charge on any atom is 0.153 e. The number of ether oxygens (including phenoxy) is 1. The molecular weight excluding hydrogens is 214 g/mol. The summed E-state index contributed by atoms with van der Waals surface area (Å²) in [6.45, 7) is 2.72. The molecule has 4 nitrogen and oxygen atoms in total. The first-order valence-electron chi connectivity index (χ1n) is 5.61. The number of hydrogen-bond donors (Lipinski definition) is 2. The minimum absolute atomic E-state index is 0.543. The molecule has 0 amide bonds. The Morgan fingerprint density at radius 2 is 2.24 bits per heavy atom. The number of nitrogens with two attached hydrogens (primary N) is 1. The van der Waals surface area contributed by atoms with Gasteiger partial charge in [0.2, 0.25) is 0 Å². The number of hydrogen-bond acceptors (Lipinski definition) is 3. The minimum atomic E-state index is 0.543. The number of rotatable bonds is 4.